The van der Waals surface area contributed by atoms with E-state index in [1.807, 2.05) is 0 Å². The smallest absolute Gasteiger partial charge is 0.192 e. The molecule has 0 atom stereocenters. The largest absolute Gasteiger partial charge is 0.417 e. The number of hydrogen-bond acceptors (Lipinski definition) is 1. The van der Waals surface area contributed by atoms with Crippen LogP contribution in [0.2, 0.25) is 0 Å². The van der Waals surface area contributed by atoms with Crippen molar-refractivity contribution in [2.45, 2.75) is 13.1 Å². The first kappa shape index (κ1) is 9.76. The van der Waals surface area contributed by atoms with E-state index in [1.165, 1.54) is 13.0 Å². The molecule has 0 fully saturated rings. The fourth-order valence-corrected chi connectivity index (χ4v) is 0.459. The number of nitrogens with zero attached hydrogens (tertiary/aromatic N) is 1. The Balaban J connectivity index is 4.67. The molecular weight excluding hydrogens is 155 g/mol. The fraction of sp³-hybridized carbons (Fsp3) is 0.286. The van der Waals surface area contributed by atoms with Gasteiger partial charge >= 0.3 is 6.18 Å². The quantitative estimate of drug-likeness (QED) is 0.428. The van der Waals surface area contributed by atoms with Crippen LogP contribution in [0.1, 0.15) is 6.92 Å². The van der Waals surface area contributed by atoms with E-state index in [1.54, 1.807) is 0 Å². The number of alkyl halides is 3. The average Bonchev–Trinajstić information content (AvgIpc) is 1.88. The Morgan fingerprint density at radius 1 is 1.55 bits per heavy atom. The summed E-state index contributed by atoms with van der Waals surface area (Å²) in [5, 5.41) is 8.18. The standard InChI is InChI=1S/C7H6F3N/c1-3-6(4-11)5(2)7(8,9)10/h3H,2H2,1H3. The summed E-state index contributed by atoms with van der Waals surface area (Å²) in [5.41, 5.74) is -1.53. The Labute approximate surface area is 62.4 Å². The summed E-state index contributed by atoms with van der Waals surface area (Å²) >= 11 is 0. The van der Waals surface area contributed by atoms with E-state index in [0.717, 1.165) is 6.08 Å². The summed E-state index contributed by atoms with van der Waals surface area (Å²) in [6.45, 7) is 4.11. The van der Waals surface area contributed by atoms with Crippen molar-refractivity contribution >= 4 is 0 Å². The first-order valence-corrected chi connectivity index (χ1v) is 2.76. The van der Waals surface area contributed by atoms with E-state index in [0.29, 0.717) is 0 Å². The number of nitriles is 1. The Morgan fingerprint density at radius 2 is 2.00 bits per heavy atom. The van der Waals surface area contributed by atoms with Crippen LogP contribution in [0.5, 0.6) is 0 Å². The first-order valence-electron chi connectivity index (χ1n) is 2.76. The second kappa shape index (κ2) is 3.24. The van der Waals surface area contributed by atoms with Crippen LogP contribution in [0.25, 0.3) is 0 Å². The normalized spacial score (nSPS) is 12.5. The summed E-state index contributed by atoms with van der Waals surface area (Å²) in [6.07, 6.45) is -3.42. The van der Waals surface area contributed by atoms with Crippen molar-refractivity contribution in [3.05, 3.63) is 23.8 Å². The lowest BCUT2D eigenvalue weighted by molar-refractivity contribution is -0.0885. The highest BCUT2D eigenvalue weighted by molar-refractivity contribution is 5.42. The molecule has 0 aromatic carbocycles. The number of allylic oxidation sites excluding steroid dienone is 3. The summed E-state index contributed by atoms with van der Waals surface area (Å²) in [6, 6.07) is 1.40. The molecule has 0 spiro atoms. The molecule has 0 saturated heterocycles. The molecule has 60 valence electrons. The summed E-state index contributed by atoms with van der Waals surface area (Å²) < 4.78 is 35.3. The lowest BCUT2D eigenvalue weighted by atomic mass is 10.1. The summed E-state index contributed by atoms with van der Waals surface area (Å²) in [5.74, 6) is 0. The van der Waals surface area contributed by atoms with Gasteiger partial charge in [0, 0.05) is 0 Å². The van der Waals surface area contributed by atoms with Gasteiger partial charge < -0.3 is 0 Å². The van der Waals surface area contributed by atoms with Gasteiger partial charge in [0.2, 0.25) is 0 Å². The minimum atomic E-state index is -4.50. The second-order valence-corrected chi connectivity index (χ2v) is 1.79. The molecule has 0 aliphatic rings. The number of halogens is 3. The van der Waals surface area contributed by atoms with E-state index in [4.69, 9.17) is 5.26 Å². The fourth-order valence-electron chi connectivity index (χ4n) is 0.459. The van der Waals surface area contributed by atoms with Gasteiger partial charge in [-0.05, 0) is 6.92 Å². The molecule has 0 aromatic rings. The van der Waals surface area contributed by atoms with Crippen molar-refractivity contribution in [3.8, 4) is 6.07 Å². The van der Waals surface area contributed by atoms with Crippen molar-refractivity contribution in [1.29, 1.82) is 5.26 Å². The van der Waals surface area contributed by atoms with Crippen molar-refractivity contribution in [2.75, 3.05) is 0 Å². The highest BCUT2D eigenvalue weighted by atomic mass is 19.4. The maximum absolute atomic E-state index is 11.8. The molecule has 0 aliphatic carbocycles. The molecular formula is C7H6F3N. The Morgan fingerprint density at radius 3 is 2.09 bits per heavy atom. The van der Waals surface area contributed by atoms with Gasteiger partial charge in [-0.25, -0.2) is 0 Å². The SMILES string of the molecule is C=C(C(C#N)=CC)C(F)(F)F. The van der Waals surface area contributed by atoms with Crippen LogP contribution in [0.15, 0.2) is 23.8 Å². The van der Waals surface area contributed by atoms with E-state index < -0.39 is 17.3 Å². The van der Waals surface area contributed by atoms with Crippen LogP contribution in [0, 0.1) is 11.3 Å². The predicted octanol–water partition coefficient (Wildman–Crippen LogP) is 2.57. The van der Waals surface area contributed by atoms with Gasteiger partial charge in [-0.3, -0.25) is 0 Å². The zero-order valence-corrected chi connectivity index (χ0v) is 5.87. The second-order valence-electron chi connectivity index (χ2n) is 1.79. The van der Waals surface area contributed by atoms with Gasteiger partial charge in [-0.2, -0.15) is 18.4 Å². The van der Waals surface area contributed by atoms with Crippen molar-refractivity contribution in [1.82, 2.24) is 0 Å². The minimum absolute atomic E-state index is 0.433. The number of hydrogen-bond donors (Lipinski definition) is 0. The third-order valence-electron chi connectivity index (χ3n) is 1.08. The van der Waals surface area contributed by atoms with Crippen LogP contribution in [0.4, 0.5) is 13.2 Å². The van der Waals surface area contributed by atoms with Crippen LogP contribution >= 0.6 is 0 Å². The van der Waals surface area contributed by atoms with Crippen molar-refractivity contribution in [3.63, 3.8) is 0 Å². The highest BCUT2D eigenvalue weighted by Gasteiger charge is 2.33. The van der Waals surface area contributed by atoms with Crippen LogP contribution in [-0.4, -0.2) is 6.18 Å². The molecule has 1 nitrogen and oxygen atoms in total. The van der Waals surface area contributed by atoms with Crippen molar-refractivity contribution in [2.24, 2.45) is 0 Å². The Bertz CT molecular complexity index is 229. The van der Waals surface area contributed by atoms with Gasteiger partial charge in [0.15, 0.2) is 0 Å². The molecule has 0 amide bonds. The Kier molecular flexibility index (Phi) is 2.87. The zero-order valence-electron chi connectivity index (χ0n) is 5.87. The summed E-state index contributed by atoms with van der Waals surface area (Å²) in [4.78, 5) is 0. The molecule has 0 rings (SSSR count). The van der Waals surface area contributed by atoms with E-state index >= 15 is 0 Å². The summed E-state index contributed by atoms with van der Waals surface area (Å²) in [7, 11) is 0. The Hall–Kier alpha value is -1.24. The molecule has 11 heavy (non-hydrogen) atoms. The van der Waals surface area contributed by atoms with Gasteiger partial charge in [-0.1, -0.05) is 12.7 Å². The monoisotopic (exact) mass is 161 g/mol. The lowest BCUT2D eigenvalue weighted by Crippen LogP contribution is -2.11. The van der Waals surface area contributed by atoms with Crippen molar-refractivity contribution < 1.29 is 13.2 Å². The van der Waals surface area contributed by atoms with Crippen LogP contribution in [0.3, 0.4) is 0 Å². The predicted molar refractivity (Wildman–Crippen MR) is 34.6 cm³/mol. The van der Waals surface area contributed by atoms with Crippen LogP contribution in [-0.2, 0) is 0 Å². The molecule has 0 unspecified atom stereocenters. The highest BCUT2D eigenvalue weighted by Crippen LogP contribution is 2.28. The van der Waals surface area contributed by atoms with E-state index in [-0.39, 0.29) is 0 Å². The maximum atomic E-state index is 11.8. The van der Waals surface area contributed by atoms with Gasteiger partial charge in [-0.15, -0.1) is 0 Å². The molecule has 0 bridgehead atoms. The third-order valence-corrected chi connectivity index (χ3v) is 1.08. The van der Waals surface area contributed by atoms with E-state index in [2.05, 4.69) is 6.58 Å². The number of rotatable bonds is 1. The minimum Gasteiger partial charge on any atom is -0.192 e. The molecule has 0 saturated carbocycles. The average molecular weight is 161 g/mol. The molecule has 4 heteroatoms. The molecule has 0 N–H and O–H groups in total. The first-order chi connectivity index (χ1) is 4.93. The van der Waals surface area contributed by atoms with Crippen LogP contribution < -0.4 is 0 Å². The van der Waals surface area contributed by atoms with E-state index in [9.17, 15) is 13.2 Å². The van der Waals surface area contributed by atoms with Gasteiger partial charge in [0.25, 0.3) is 0 Å². The van der Waals surface area contributed by atoms with Gasteiger partial charge in [0.1, 0.15) is 0 Å². The topological polar surface area (TPSA) is 23.8 Å². The zero-order chi connectivity index (χ0) is 9.07. The molecule has 0 heterocycles. The third kappa shape index (κ3) is 2.46. The molecule has 0 aliphatic heterocycles. The molecule has 0 radical (unpaired) electrons. The molecule has 0 aromatic heterocycles. The maximum Gasteiger partial charge on any atom is 0.417 e. The lowest BCUT2D eigenvalue weighted by Gasteiger charge is -2.07. The van der Waals surface area contributed by atoms with Gasteiger partial charge in [0.05, 0.1) is 17.2 Å².